The smallest absolute Gasteiger partial charge is 0.351 e. The van der Waals surface area contributed by atoms with Gasteiger partial charge in [-0.3, -0.25) is 15.5 Å². The number of benzene rings is 1. The molecule has 3 N–H and O–H groups in total. The van der Waals surface area contributed by atoms with Crippen LogP contribution in [0.25, 0.3) is 11.3 Å². The van der Waals surface area contributed by atoms with Gasteiger partial charge in [-0.15, -0.1) is 0 Å². The Morgan fingerprint density at radius 3 is 2.48 bits per heavy atom. The minimum Gasteiger partial charge on any atom is -0.497 e. The molecule has 0 fully saturated rings. The van der Waals surface area contributed by atoms with Gasteiger partial charge in [0.25, 0.3) is 5.91 Å². The maximum atomic E-state index is 11.9. The van der Waals surface area contributed by atoms with Crippen LogP contribution in [0.15, 0.2) is 39.5 Å². The van der Waals surface area contributed by atoms with E-state index in [1.54, 1.807) is 31.4 Å². The fourth-order valence-corrected chi connectivity index (χ4v) is 1.82. The highest BCUT2D eigenvalue weighted by molar-refractivity contribution is 5.99. The maximum Gasteiger partial charge on any atom is 0.351 e. The molecule has 2 aromatic rings. The first-order valence-electron chi connectivity index (χ1n) is 6.05. The molecule has 0 saturated heterocycles. The van der Waals surface area contributed by atoms with Crippen LogP contribution in [0, 0.1) is 0 Å². The predicted octanol–water partition coefficient (Wildman–Crippen LogP) is 1.48. The zero-order valence-electron chi connectivity index (χ0n) is 11.5. The fourth-order valence-electron chi connectivity index (χ4n) is 1.82. The number of hydrogen-bond donors (Lipinski definition) is 3. The molecule has 1 amide bonds. The van der Waals surface area contributed by atoms with E-state index in [9.17, 15) is 9.59 Å². The minimum absolute atomic E-state index is 0.0311. The van der Waals surface area contributed by atoms with Crippen molar-refractivity contribution in [1.82, 2.24) is 5.32 Å². The van der Waals surface area contributed by atoms with Crippen molar-refractivity contribution >= 4 is 11.6 Å². The minimum atomic E-state index is -0.848. The second-order valence-corrected chi connectivity index (χ2v) is 4.11. The molecule has 7 heteroatoms. The van der Waals surface area contributed by atoms with Gasteiger partial charge in [0.15, 0.2) is 5.56 Å². The summed E-state index contributed by atoms with van der Waals surface area (Å²) in [5, 5.41) is 11.4. The summed E-state index contributed by atoms with van der Waals surface area (Å²) in [6, 6.07) is 8.16. The van der Waals surface area contributed by atoms with E-state index in [1.807, 2.05) is 5.48 Å². The number of methoxy groups -OCH3 is 1. The number of hydrogen-bond acceptors (Lipinski definition) is 6. The Bertz CT molecular complexity index is 706. The second-order valence-electron chi connectivity index (χ2n) is 4.11. The van der Waals surface area contributed by atoms with Gasteiger partial charge in [-0.1, -0.05) is 0 Å². The highest BCUT2D eigenvalue weighted by atomic mass is 16.5. The largest absolute Gasteiger partial charge is 0.497 e. The molecule has 0 aliphatic carbocycles. The summed E-state index contributed by atoms with van der Waals surface area (Å²) in [6.45, 7) is 0. The Hall–Kier alpha value is -2.80. The number of amides is 1. The van der Waals surface area contributed by atoms with E-state index in [-0.39, 0.29) is 17.0 Å². The average Bonchev–Trinajstić information content (AvgIpc) is 2.53. The lowest BCUT2D eigenvalue weighted by atomic mass is 10.1. The lowest BCUT2D eigenvalue weighted by molar-refractivity contribution is 0.0959. The van der Waals surface area contributed by atoms with E-state index in [1.165, 1.54) is 13.1 Å². The Kier molecular flexibility index (Phi) is 4.24. The van der Waals surface area contributed by atoms with Crippen LogP contribution in [0.5, 0.6) is 5.75 Å². The van der Waals surface area contributed by atoms with Gasteiger partial charge >= 0.3 is 5.63 Å². The number of carbonyl (C=O) groups excluding carboxylic acids is 1. The molecule has 0 unspecified atom stereocenters. The summed E-state index contributed by atoms with van der Waals surface area (Å²) in [4.78, 5) is 23.5. The Morgan fingerprint density at radius 2 is 1.95 bits per heavy atom. The lowest BCUT2D eigenvalue weighted by Crippen LogP contribution is -2.26. The average molecular weight is 290 g/mol. The molecule has 1 heterocycles. The third kappa shape index (κ3) is 2.87. The number of rotatable bonds is 4. The molecule has 1 aromatic carbocycles. The van der Waals surface area contributed by atoms with E-state index in [0.29, 0.717) is 11.3 Å². The van der Waals surface area contributed by atoms with Crippen LogP contribution < -0.4 is 21.2 Å². The molecular weight excluding hydrogens is 276 g/mol. The van der Waals surface area contributed by atoms with E-state index < -0.39 is 11.5 Å². The summed E-state index contributed by atoms with van der Waals surface area (Å²) >= 11 is 0. The molecule has 1 aromatic heterocycles. The molecule has 0 aliphatic rings. The molecule has 0 atom stereocenters. The number of anilines is 1. The van der Waals surface area contributed by atoms with Gasteiger partial charge in [-0.2, -0.15) is 0 Å². The van der Waals surface area contributed by atoms with Crippen LogP contribution in [0.3, 0.4) is 0 Å². The van der Waals surface area contributed by atoms with E-state index in [4.69, 9.17) is 14.4 Å². The lowest BCUT2D eigenvalue weighted by Gasteiger charge is -2.08. The monoisotopic (exact) mass is 290 g/mol. The Morgan fingerprint density at radius 1 is 1.29 bits per heavy atom. The van der Waals surface area contributed by atoms with Crippen molar-refractivity contribution in [3.8, 4) is 17.1 Å². The SMILES string of the molecule is CNC(=O)c1c(NO)cc(-c2ccc(OC)cc2)oc1=O. The quantitative estimate of drug-likeness (QED) is 0.737. The number of carbonyl (C=O) groups is 1. The third-order valence-corrected chi connectivity index (χ3v) is 2.90. The standard InChI is InChI=1S/C14H14N2O5/c1-15-13(17)12-10(16-19)7-11(21-14(12)18)8-3-5-9(20-2)6-4-8/h3-7,16,19H,1-2H3,(H,15,17). The summed E-state index contributed by atoms with van der Waals surface area (Å²) in [5.74, 6) is 0.219. The molecule has 110 valence electrons. The van der Waals surface area contributed by atoms with Crippen LogP contribution >= 0.6 is 0 Å². The van der Waals surface area contributed by atoms with Crippen LogP contribution in [0.4, 0.5) is 5.69 Å². The molecule has 7 nitrogen and oxygen atoms in total. The van der Waals surface area contributed by atoms with E-state index in [0.717, 1.165) is 0 Å². The Balaban J connectivity index is 2.53. The van der Waals surface area contributed by atoms with Crippen molar-refractivity contribution in [2.24, 2.45) is 0 Å². The van der Waals surface area contributed by atoms with Crippen LogP contribution in [0.1, 0.15) is 10.4 Å². The van der Waals surface area contributed by atoms with Gasteiger partial charge in [0.05, 0.1) is 12.8 Å². The van der Waals surface area contributed by atoms with Crippen molar-refractivity contribution < 1.29 is 19.2 Å². The number of ether oxygens (including phenoxy) is 1. The molecule has 2 rings (SSSR count). The van der Waals surface area contributed by atoms with Crippen molar-refractivity contribution in [1.29, 1.82) is 0 Å². The predicted molar refractivity (Wildman–Crippen MR) is 75.8 cm³/mol. The van der Waals surface area contributed by atoms with Gasteiger partial charge < -0.3 is 14.5 Å². The van der Waals surface area contributed by atoms with Crippen LogP contribution in [0.2, 0.25) is 0 Å². The fraction of sp³-hybridized carbons (Fsp3) is 0.143. The zero-order chi connectivity index (χ0) is 15.4. The molecule has 0 radical (unpaired) electrons. The first kappa shape index (κ1) is 14.6. The van der Waals surface area contributed by atoms with Gasteiger partial charge in [0, 0.05) is 18.7 Å². The first-order chi connectivity index (χ1) is 10.1. The molecule has 21 heavy (non-hydrogen) atoms. The van der Waals surface area contributed by atoms with E-state index in [2.05, 4.69) is 5.32 Å². The highest BCUT2D eigenvalue weighted by Gasteiger charge is 2.18. The van der Waals surface area contributed by atoms with Crippen molar-refractivity contribution in [3.63, 3.8) is 0 Å². The molecule has 0 spiro atoms. The second kappa shape index (κ2) is 6.10. The normalized spacial score (nSPS) is 10.0. The molecule has 0 bridgehead atoms. The maximum absolute atomic E-state index is 11.9. The van der Waals surface area contributed by atoms with Crippen molar-refractivity contribution in [2.45, 2.75) is 0 Å². The molecular formula is C14H14N2O5. The zero-order valence-corrected chi connectivity index (χ0v) is 11.5. The number of nitrogens with one attached hydrogen (secondary N) is 2. The topological polar surface area (TPSA) is 101 Å². The van der Waals surface area contributed by atoms with Crippen molar-refractivity contribution in [3.05, 3.63) is 46.3 Å². The summed E-state index contributed by atoms with van der Waals surface area (Å²) in [5.41, 5.74) is 1.27. The summed E-state index contributed by atoms with van der Waals surface area (Å²) < 4.78 is 10.2. The first-order valence-corrected chi connectivity index (χ1v) is 6.05. The van der Waals surface area contributed by atoms with Gasteiger partial charge in [-0.05, 0) is 24.3 Å². The van der Waals surface area contributed by atoms with Crippen molar-refractivity contribution in [2.75, 3.05) is 19.6 Å². The highest BCUT2D eigenvalue weighted by Crippen LogP contribution is 2.25. The summed E-state index contributed by atoms with van der Waals surface area (Å²) in [6.07, 6.45) is 0. The van der Waals surface area contributed by atoms with Gasteiger partial charge in [0.1, 0.15) is 11.5 Å². The Labute approximate surface area is 120 Å². The van der Waals surface area contributed by atoms with Crippen LogP contribution in [-0.2, 0) is 0 Å². The van der Waals surface area contributed by atoms with Gasteiger partial charge in [0.2, 0.25) is 0 Å². The van der Waals surface area contributed by atoms with Crippen LogP contribution in [-0.4, -0.2) is 25.3 Å². The summed E-state index contributed by atoms with van der Waals surface area (Å²) in [7, 11) is 2.92. The molecule has 0 saturated carbocycles. The van der Waals surface area contributed by atoms with Gasteiger partial charge in [-0.25, -0.2) is 4.79 Å². The van der Waals surface area contributed by atoms with E-state index >= 15 is 0 Å². The molecule has 0 aliphatic heterocycles. The third-order valence-electron chi connectivity index (χ3n) is 2.90.